The average molecular weight is 365 g/mol. The van der Waals surface area contributed by atoms with Crippen LogP contribution in [0.4, 0.5) is 0 Å². The fraction of sp³-hybridized carbons (Fsp3) is 0.263. The number of nitrogens with zero attached hydrogens (tertiary/aromatic N) is 5. The summed E-state index contributed by atoms with van der Waals surface area (Å²) >= 11 is 0. The number of aryl methyl sites for hydroxylation is 2. The molecule has 4 rings (SSSR count). The first-order chi connectivity index (χ1) is 12.9. The first-order valence-corrected chi connectivity index (χ1v) is 8.59. The van der Waals surface area contributed by atoms with E-state index in [0.717, 1.165) is 15.8 Å². The fourth-order valence-corrected chi connectivity index (χ4v) is 3.38. The topological polar surface area (TPSA) is 83.3 Å². The van der Waals surface area contributed by atoms with E-state index >= 15 is 0 Å². The van der Waals surface area contributed by atoms with Gasteiger partial charge in [-0.1, -0.05) is 30.3 Å². The highest BCUT2D eigenvalue weighted by atomic mass is 16.2. The van der Waals surface area contributed by atoms with Crippen LogP contribution < -0.4 is 11.2 Å². The molecule has 0 saturated heterocycles. The van der Waals surface area contributed by atoms with Crippen LogP contribution in [-0.4, -0.2) is 28.9 Å². The van der Waals surface area contributed by atoms with Crippen LogP contribution in [0.15, 0.2) is 46.1 Å². The van der Waals surface area contributed by atoms with Crippen molar-refractivity contribution in [2.45, 2.75) is 26.9 Å². The molecule has 138 valence electrons. The number of fused-ring (bicyclic) bond motifs is 3. The monoisotopic (exact) mass is 365 g/mol. The summed E-state index contributed by atoms with van der Waals surface area (Å²) in [5.74, 6) is 0.325. The highest BCUT2D eigenvalue weighted by Gasteiger charge is 2.20. The molecule has 0 radical (unpaired) electrons. The third-order valence-corrected chi connectivity index (χ3v) is 4.70. The van der Waals surface area contributed by atoms with Crippen LogP contribution in [0, 0.1) is 6.92 Å². The molecule has 0 N–H and O–H groups in total. The minimum absolute atomic E-state index is 0.252. The highest BCUT2D eigenvalue weighted by Crippen LogP contribution is 2.17. The van der Waals surface area contributed by atoms with Crippen molar-refractivity contribution < 1.29 is 4.79 Å². The zero-order chi connectivity index (χ0) is 19.3. The molecule has 3 aromatic heterocycles. The maximum absolute atomic E-state index is 12.9. The summed E-state index contributed by atoms with van der Waals surface area (Å²) in [5, 5.41) is 0. The van der Waals surface area contributed by atoms with Crippen LogP contribution in [-0.2, 0) is 24.9 Å². The van der Waals surface area contributed by atoms with Crippen molar-refractivity contribution in [2.24, 2.45) is 7.05 Å². The van der Waals surface area contributed by atoms with Crippen molar-refractivity contribution >= 4 is 22.7 Å². The Balaban J connectivity index is 2.02. The molecule has 0 amide bonds. The Labute approximate surface area is 153 Å². The van der Waals surface area contributed by atoms with Crippen LogP contribution in [0.5, 0.6) is 0 Å². The SMILES string of the molecule is CC(=O)Cn1c(=O)c2c(nc3n(Cc4ccccc4)c(C)cn23)n(C)c1=O. The van der Waals surface area contributed by atoms with Gasteiger partial charge in [-0.3, -0.25) is 23.1 Å². The van der Waals surface area contributed by atoms with Crippen LogP contribution in [0.1, 0.15) is 18.2 Å². The molecule has 0 aliphatic carbocycles. The highest BCUT2D eigenvalue weighted by molar-refractivity contribution is 5.78. The van der Waals surface area contributed by atoms with E-state index < -0.39 is 11.2 Å². The third kappa shape index (κ3) is 2.61. The number of carbonyl (C=O) groups is 1. The van der Waals surface area contributed by atoms with Crippen molar-refractivity contribution in [1.29, 1.82) is 0 Å². The predicted molar refractivity (Wildman–Crippen MR) is 101 cm³/mol. The number of imidazole rings is 2. The first-order valence-electron chi connectivity index (χ1n) is 8.59. The average Bonchev–Trinajstić information content (AvgIpc) is 3.14. The third-order valence-electron chi connectivity index (χ3n) is 4.70. The summed E-state index contributed by atoms with van der Waals surface area (Å²) in [5.41, 5.74) is 1.59. The molecule has 27 heavy (non-hydrogen) atoms. The second-order valence-corrected chi connectivity index (χ2v) is 6.73. The fourth-order valence-electron chi connectivity index (χ4n) is 3.38. The Kier molecular flexibility index (Phi) is 3.83. The lowest BCUT2D eigenvalue weighted by molar-refractivity contribution is -0.117. The molecule has 0 atom stereocenters. The first kappa shape index (κ1) is 17.0. The van der Waals surface area contributed by atoms with Crippen molar-refractivity contribution in [1.82, 2.24) is 23.1 Å². The minimum Gasteiger partial charge on any atom is -0.310 e. The summed E-state index contributed by atoms with van der Waals surface area (Å²) in [6, 6.07) is 9.94. The van der Waals surface area contributed by atoms with Gasteiger partial charge in [0.2, 0.25) is 5.78 Å². The summed E-state index contributed by atoms with van der Waals surface area (Å²) in [7, 11) is 1.56. The van der Waals surface area contributed by atoms with E-state index in [2.05, 4.69) is 4.98 Å². The van der Waals surface area contributed by atoms with Crippen molar-refractivity contribution in [3.05, 3.63) is 68.6 Å². The van der Waals surface area contributed by atoms with Crippen molar-refractivity contribution in [3.63, 3.8) is 0 Å². The summed E-state index contributed by atoms with van der Waals surface area (Å²) < 4.78 is 5.97. The van der Waals surface area contributed by atoms with Gasteiger partial charge in [-0.05, 0) is 19.4 Å². The second kappa shape index (κ2) is 6.08. The van der Waals surface area contributed by atoms with Crippen LogP contribution in [0.25, 0.3) is 16.9 Å². The van der Waals surface area contributed by atoms with Crippen molar-refractivity contribution in [2.75, 3.05) is 0 Å². The molecule has 0 spiro atoms. The predicted octanol–water partition coefficient (Wildman–Crippen LogP) is 1.10. The van der Waals surface area contributed by atoms with E-state index in [4.69, 9.17) is 0 Å². The zero-order valence-electron chi connectivity index (χ0n) is 15.3. The molecule has 8 heteroatoms. The van der Waals surface area contributed by atoms with Gasteiger partial charge in [-0.25, -0.2) is 4.79 Å². The molecule has 3 heterocycles. The lowest BCUT2D eigenvalue weighted by Gasteiger charge is -2.06. The van der Waals surface area contributed by atoms with Crippen LogP contribution in [0.3, 0.4) is 0 Å². The van der Waals surface area contributed by atoms with Crippen molar-refractivity contribution in [3.8, 4) is 0 Å². The van der Waals surface area contributed by atoms with E-state index in [9.17, 15) is 14.4 Å². The summed E-state index contributed by atoms with van der Waals surface area (Å²) in [6.45, 7) is 3.64. The number of hydrogen-bond donors (Lipinski definition) is 0. The van der Waals surface area contributed by atoms with Gasteiger partial charge in [-0.2, -0.15) is 4.98 Å². The molecular formula is C19H19N5O3. The Morgan fingerprint density at radius 3 is 2.48 bits per heavy atom. The quantitative estimate of drug-likeness (QED) is 0.542. The minimum atomic E-state index is -0.546. The largest absolute Gasteiger partial charge is 0.332 e. The molecule has 0 saturated carbocycles. The number of carbonyl (C=O) groups excluding carboxylic acids is 1. The molecule has 0 fully saturated rings. The Morgan fingerprint density at radius 1 is 1.11 bits per heavy atom. The van der Waals surface area contributed by atoms with Gasteiger partial charge in [0, 0.05) is 18.9 Å². The zero-order valence-corrected chi connectivity index (χ0v) is 15.3. The van der Waals surface area contributed by atoms with Gasteiger partial charge in [0.1, 0.15) is 5.78 Å². The van der Waals surface area contributed by atoms with Gasteiger partial charge in [0.25, 0.3) is 5.56 Å². The second-order valence-electron chi connectivity index (χ2n) is 6.73. The Hall–Kier alpha value is -3.42. The molecular weight excluding hydrogens is 346 g/mol. The smallest absolute Gasteiger partial charge is 0.310 e. The number of benzene rings is 1. The van der Waals surface area contributed by atoms with E-state index in [-0.39, 0.29) is 12.3 Å². The molecule has 0 aliphatic heterocycles. The van der Waals surface area contributed by atoms with E-state index in [1.54, 1.807) is 11.4 Å². The number of aromatic nitrogens is 5. The van der Waals surface area contributed by atoms with E-state index in [1.165, 1.54) is 11.5 Å². The van der Waals surface area contributed by atoms with Crippen LogP contribution in [0.2, 0.25) is 0 Å². The number of ketones is 1. The molecule has 8 nitrogen and oxygen atoms in total. The maximum atomic E-state index is 12.9. The Morgan fingerprint density at radius 2 is 1.81 bits per heavy atom. The lowest BCUT2D eigenvalue weighted by atomic mass is 10.2. The van der Waals surface area contributed by atoms with Gasteiger partial charge in [0.05, 0.1) is 13.1 Å². The van der Waals surface area contributed by atoms with Gasteiger partial charge in [-0.15, -0.1) is 0 Å². The Bertz CT molecular complexity index is 1300. The number of rotatable bonds is 4. The summed E-state index contributed by atoms with van der Waals surface area (Å²) in [4.78, 5) is 41.5. The molecule has 0 unspecified atom stereocenters. The van der Waals surface area contributed by atoms with Gasteiger partial charge < -0.3 is 4.57 Å². The van der Waals surface area contributed by atoms with Gasteiger partial charge in [0.15, 0.2) is 11.2 Å². The van der Waals surface area contributed by atoms with Crippen LogP contribution >= 0.6 is 0 Å². The number of hydrogen-bond acceptors (Lipinski definition) is 4. The standard InChI is InChI=1S/C19H19N5O3/c1-12-9-23-15-16(21(3)19(27)24(17(15)26)10-13(2)25)20-18(23)22(12)11-14-7-5-4-6-8-14/h4-9H,10-11H2,1-3H3. The maximum Gasteiger partial charge on any atom is 0.332 e. The normalized spacial score (nSPS) is 11.5. The van der Waals surface area contributed by atoms with Gasteiger partial charge >= 0.3 is 5.69 Å². The number of Topliss-reactive ketones (excluding diaryl/α,β-unsaturated/α-hetero) is 1. The lowest BCUT2D eigenvalue weighted by Crippen LogP contribution is -2.40. The van der Waals surface area contributed by atoms with E-state index in [1.807, 2.05) is 48.0 Å². The van der Waals surface area contributed by atoms with E-state index in [0.29, 0.717) is 23.5 Å². The molecule has 4 aromatic rings. The molecule has 0 aliphatic rings. The summed E-state index contributed by atoms with van der Waals surface area (Å²) in [6.07, 6.45) is 1.83. The molecule has 1 aromatic carbocycles. The molecule has 0 bridgehead atoms.